The third-order valence-corrected chi connectivity index (χ3v) is 18.5. The summed E-state index contributed by atoms with van der Waals surface area (Å²) in [6, 6.07) is 72.9. The third kappa shape index (κ3) is 6.79. The minimum Gasteiger partial charge on any atom is -0.317 e. The van der Waals surface area contributed by atoms with Crippen LogP contribution in [0.2, 0.25) is 0 Å². The molecular formula is C71H62N4. The van der Waals surface area contributed by atoms with E-state index < -0.39 is 21.7 Å². The molecule has 0 fully saturated rings. The molecule has 2 heterocycles. The first-order valence-electron chi connectivity index (χ1n) is 26.4. The number of hydrogen-bond acceptors (Lipinski definition) is 3. The summed E-state index contributed by atoms with van der Waals surface area (Å²) in [4.78, 5) is 9.57. The van der Waals surface area contributed by atoms with E-state index in [0.717, 1.165) is 112 Å². The molecule has 9 aromatic rings. The van der Waals surface area contributed by atoms with Crippen LogP contribution in [0.25, 0.3) is 49.4 Å². The van der Waals surface area contributed by atoms with Gasteiger partial charge in [0.25, 0.3) is 0 Å². The van der Waals surface area contributed by atoms with Gasteiger partial charge in [-0.05, 0) is 143 Å². The molecule has 0 atom stereocenters. The van der Waals surface area contributed by atoms with Gasteiger partial charge in [0.1, 0.15) is 6.07 Å². The standard InChI is InChI=1S/C71H62N4/c1-67(2)54-40-49(45-24-16-12-17-25-45)32-36-58(54)74(59-37-33-50(41-55(59)67)46-26-18-13-19-27-46)65-53(44-72)62-63(70(7,8)71(9,10)69(62,5)6)64(73-11)66(65)75-60-38-34-51(47-28-20-14-21-29-47)42-56(60)68(3,4)57-43-52(35-39-61(57)75)48-30-22-15-23-31-48/h12-43H,1-10H3. The number of nitrogens with zero attached hydrogens (tertiary/aromatic N) is 4. The van der Waals surface area contributed by atoms with Crippen molar-refractivity contribution in [2.45, 2.75) is 90.9 Å². The van der Waals surface area contributed by atoms with E-state index in [1.54, 1.807) is 0 Å². The van der Waals surface area contributed by atoms with Crippen LogP contribution in [-0.2, 0) is 21.7 Å². The van der Waals surface area contributed by atoms with E-state index in [-0.39, 0.29) is 5.41 Å². The largest absolute Gasteiger partial charge is 0.317 e. The van der Waals surface area contributed by atoms with Gasteiger partial charge < -0.3 is 9.80 Å². The molecule has 4 nitrogen and oxygen atoms in total. The molecule has 0 unspecified atom stereocenters. The van der Waals surface area contributed by atoms with Gasteiger partial charge in [0.2, 0.25) is 5.69 Å². The molecule has 12 rings (SSSR count). The molecule has 0 saturated heterocycles. The molecule has 0 radical (unpaired) electrons. The predicted octanol–water partition coefficient (Wildman–Crippen LogP) is 19.6. The predicted molar refractivity (Wildman–Crippen MR) is 313 cm³/mol. The van der Waals surface area contributed by atoms with Crippen molar-refractivity contribution in [3.63, 3.8) is 0 Å². The fourth-order valence-electron chi connectivity index (χ4n) is 13.2. The van der Waals surface area contributed by atoms with E-state index in [1.807, 2.05) is 0 Å². The Balaban J connectivity index is 1.26. The zero-order valence-corrected chi connectivity index (χ0v) is 44.8. The minimum atomic E-state index is -0.520. The second kappa shape index (κ2) is 16.8. The average Bonchev–Trinajstić information content (AvgIpc) is 3.65. The number of rotatable bonds is 6. The Hall–Kier alpha value is -8.44. The molecule has 0 saturated carbocycles. The lowest BCUT2D eigenvalue weighted by molar-refractivity contribution is 0.125. The maximum absolute atomic E-state index is 12.4. The molecule has 4 heteroatoms. The van der Waals surface area contributed by atoms with Crippen LogP contribution in [0.15, 0.2) is 194 Å². The first kappa shape index (κ1) is 47.6. The quantitative estimate of drug-likeness (QED) is 0.156. The minimum absolute atomic E-state index is 0.368. The summed E-state index contributed by atoms with van der Waals surface area (Å²) in [5.41, 5.74) is 19.7. The Labute approximate surface area is 444 Å². The zero-order valence-electron chi connectivity index (χ0n) is 44.8. The van der Waals surface area contributed by atoms with Crippen LogP contribution in [0.4, 0.5) is 39.8 Å². The van der Waals surface area contributed by atoms with Crippen LogP contribution < -0.4 is 9.80 Å². The van der Waals surface area contributed by atoms with Gasteiger partial charge in [-0.25, -0.2) is 4.85 Å². The van der Waals surface area contributed by atoms with Gasteiger partial charge in [0, 0.05) is 22.2 Å². The Kier molecular flexibility index (Phi) is 10.6. The van der Waals surface area contributed by atoms with Crippen LogP contribution in [0.1, 0.15) is 108 Å². The van der Waals surface area contributed by atoms with Crippen molar-refractivity contribution >= 4 is 39.8 Å². The smallest absolute Gasteiger partial charge is 0.216 e. The molecule has 2 aliphatic heterocycles. The molecule has 0 spiro atoms. The summed E-state index contributed by atoms with van der Waals surface area (Å²) in [6.45, 7) is 32.9. The monoisotopic (exact) mass is 970 g/mol. The highest BCUT2D eigenvalue weighted by molar-refractivity contribution is 6.07. The SMILES string of the molecule is [C-]#[N+]c1c(N2c3ccc(-c4ccccc4)cc3C(C)(C)c3cc(-c4ccccc4)ccc32)c(N2c3ccc(-c4ccccc4)cc3C(C)(C)c3cc(-c4ccccc4)ccc32)c(C#N)c2c1C(C)(C)C(C)(C)C2(C)C. The van der Waals surface area contributed by atoms with E-state index >= 15 is 0 Å². The summed E-state index contributed by atoms with van der Waals surface area (Å²) in [5.74, 6) is 0. The lowest BCUT2D eigenvalue weighted by Crippen LogP contribution is -2.42. The first-order chi connectivity index (χ1) is 35.9. The van der Waals surface area contributed by atoms with Crippen LogP contribution in [0.3, 0.4) is 0 Å². The number of hydrogen-bond donors (Lipinski definition) is 0. The summed E-state index contributed by atoms with van der Waals surface area (Å²) in [7, 11) is 0. The maximum atomic E-state index is 12.4. The maximum Gasteiger partial charge on any atom is 0.216 e. The van der Waals surface area contributed by atoms with Gasteiger partial charge in [-0.15, -0.1) is 0 Å². The molecular weight excluding hydrogens is 909 g/mol. The van der Waals surface area contributed by atoms with Crippen LogP contribution >= 0.6 is 0 Å². The lowest BCUT2D eigenvalue weighted by atomic mass is 9.59. The number of benzene rings is 9. The molecule has 9 aromatic carbocycles. The number of fused-ring (bicyclic) bond motifs is 5. The average molecular weight is 971 g/mol. The van der Waals surface area contributed by atoms with Crippen molar-refractivity contribution in [2.24, 2.45) is 5.41 Å². The molecule has 75 heavy (non-hydrogen) atoms. The van der Waals surface area contributed by atoms with Crippen LogP contribution in [0, 0.1) is 23.3 Å². The number of anilines is 6. The van der Waals surface area contributed by atoms with Crippen molar-refractivity contribution in [3.05, 3.63) is 244 Å². The summed E-state index contributed by atoms with van der Waals surface area (Å²) < 4.78 is 0. The van der Waals surface area contributed by atoms with Crippen molar-refractivity contribution in [2.75, 3.05) is 9.80 Å². The normalized spacial score (nSPS) is 16.6. The topological polar surface area (TPSA) is 34.6 Å². The van der Waals surface area contributed by atoms with E-state index in [2.05, 4.69) is 279 Å². The van der Waals surface area contributed by atoms with Crippen LogP contribution in [0.5, 0.6) is 0 Å². The van der Waals surface area contributed by atoms with Gasteiger partial charge in [0.15, 0.2) is 0 Å². The van der Waals surface area contributed by atoms with Crippen molar-refractivity contribution in [1.82, 2.24) is 0 Å². The Bertz CT molecular complexity index is 3430. The van der Waals surface area contributed by atoms with Crippen molar-refractivity contribution in [1.29, 1.82) is 5.26 Å². The Morgan fingerprint density at radius 3 is 0.960 bits per heavy atom. The second-order valence-electron chi connectivity index (χ2n) is 23.6. The van der Waals surface area contributed by atoms with Gasteiger partial charge in [-0.1, -0.05) is 215 Å². The highest BCUT2D eigenvalue weighted by Gasteiger charge is 2.60. The Morgan fingerprint density at radius 2 is 0.667 bits per heavy atom. The fourth-order valence-corrected chi connectivity index (χ4v) is 13.2. The molecule has 0 amide bonds. The summed E-state index contributed by atoms with van der Waals surface area (Å²) in [5, 5.41) is 12.4. The number of nitriles is 1. The second-order valence-corrected chi connectivity index (χ2v) is 23.6. The summed E-state index contributed by atoms with van der Waals surface area (Å²) >= 11 is 0. The van der Waals surface area contributed by atoms with Gasteiger partial charge >= 0.3 is 0 Å². The van der Waals surface area contributed by atoms with E-state index in [9.17, 15) is 11.8 Å². The highest BCUT2D eigenvalue weighted by Crippen LogP contribution is 2.70. The zero-order chi connectivity index (χ0) is 52.4. The van der Waals surface area contributed by atoms with Gasteiger partial charge in [-0.3, -0.25) is 0 Å². The van der Waals surface area contributed by atoms with E-state index in [4.69, 9.17) is 4.85 Å². The van der Waals surface area contributed by atoms with E-state index in [0.29, 0.717) is 11.3 Å². The molecule has 0 bridgehead atoms. The molecule has 3 aliphatic rings. The molecule has 366 valence electrons. The van der Waals surface area contributed by atoms with Gasteiger partial charge in [0.05, 0.1) is 34.9 Å². The van der Waals surface area contributed by atoms with Crippen LogP contribution in [-0.4, -0.2) is 0 Å². The third-order valence-electron chi connectivity index (χ3n) is 18.5. The molecule has 0 aromatic heterocycles. The fraction of sp³-hybridized carbons (Fsp3) is 0.211. The Morgan fingerprint density at radius 1 is 0.373 bits per heavy atom. The van der Waals surface area contributed by atoms with Crippen molar-refractivity contribution in [3.8, 4) is 50.6 Å². The summed E-state index contributed by atoms with van der Waals surface area (Å²) in [6.07, 6.45) is 0. The van der Waals surface area contributed by atoms with Gasteiger partial charge in [-0.2, -0.15) is 5.26 Å². The van der Waals surface area contributed by atoms with Crippen molar-refractivity contribution < 1.29 is 0 Å². The first-order valence-corrected chi connectivity index (χ1v) is 26.4. The molecule has 0 N–H and O–H groups in total. The molecule has 1 aliphatic carbocycles. The highest BCUT2D eigenvalue weighted by atomic mass is 15.2. The van der Waals surface area contributed by atoms with E-state index in [1.165, 1.54) is 0 Å². The lowest BCUT2D eigenvalue weighted by Gasteiger charge is -2.47.